The maximum atomic E-state index is 5.79. The summed E-state index contributed by atoms with van der Waals surface area (Å²) in [7, 11) is 1.79. The third kappa shape index (κ3) is 5.45. The van der Waals surface area contributed by atoms with Gasteiger partial charge >= 0.3 is 0 Å². The second kappa shape index (κ2) is 10.3. The molecule has 30 heavy (non-hydrogen) atoms. The number of hydrogen-bond donors (Lipinski definition) is 2. The Balaban J connectivity index is 1.37. The molecule has 0 bridgehead atoms. The van der Waals surface area contributed by atoms with Gasteiger partial charge in [0.1, 0.15) is 0 Å². The van der Waals surface area contributed by atoms with Crippen LogP contribution in [0.1, 0.15) is 36.8 Å². The largest absolute Gasteiger partial charge is 0.490 e. The van der Waals surface area contributed by atoms with E-state index in [1.54, 1.807) is 7.05 Å². The highest BCUT2D eigenvalue weighted by Crippen LogP contribution is 2.32. The molecule has 0 aromatic heterocycles. The molecule has 2 N–H and O–H groups in total. The smallest absolute Gasteiger partial charge is 0.195 e. The minimum atomic E-state index is 0.678. The zero-order valence-corrected chi connectivity index (χ0v) is 17.8. The lowest BCUT2D eigenvalue weighted by Gasteiger charge is -2.27. The minimum absolute atomic E-state index is 0.678. The van der Waals surface area contributed by atoms with Gasteiger partial charge in [-0.25, -0.2) is 0 Å². The lowest BCUT2D eigenvalue weighted by atomic mass is 10.0. The van der Waals surface area contributed by atoms with Crippen LogP contribution in [-0.4, -0.2) is 44.2 Å². The van der Waals surface area contributed by atoms with E-state index < -0.39 is 0 Å². The number of hydrogen-bond acceptors (Lipinski definition) is 4. The molecular weight excluding hydrogens is 376 g/mol. The summed E-state index contributed by atoms with van der Waals surface area (Å²) in [6.07, 6.45) is 4.89. The number of piperidine rings is 1. The lowest BCUT2D eigenvalue weighted by Crippen LogP contribution is -2.32. The number of guanidine groups is 1. The normalized spacial score (nSPS) is 17.3. The molecule has 0 unspecified atom stereocenters. The zero-order valence-electron chi connectivity index (χ0n) is 17.8. The average molecular weight is 409 g/mol. The molecule has 2 heterocycles. The summed E-state index contributed by atoms with van der Waals surface area (Å²) in [6.45, 7) is 5.53. The van der Waals surface area contributed by atoms with E-state index in [0.29, 0.717) is 13.2 Å². The van der Waals surface area contributed by atoms with Gasteiger partial charge in [-0.2, -0.15) is 0 Å². The van der Waals surface area contributed by atoms with Crippen LogP contribution < -0.4 is 20.1 Å². The average Bonchev–Trinajstić information content (AvgIpc) is 3.03. The monoisotopic (exact) mass is 408 g/mol. The predicted molar refractivity (Wildman–Crippen MR) is 121 cm³/mol. The number of fused-ring (bicyclic) bond motifs is 1. The van der Waals surface area contributed by atoms with Crippen molar-refractivity contribution in [1.82, 2.24) is 10.2 Å². The van der Waals surface area contributed by atoms with E-state index in [9.17, 15) is 0 Å². The van der Waals surface area contributed by atoms with Crippen LogP contribution in [0.2, 0.25) is 0 Å². The fourth-order valence-electron chi connectivity index (χ4n) is 3.98. The third-order valence-electron chi connectivity index (χ3n) is 5.64. The van der Waals surface area contributed by atoms with Gasteiger partial charge in [0.05, 0.1) is 13.2 Å². The number of anilines is 1. The number of rotatable bonds is 5. The van der Waals surface area contributed by atoms with Gasteiger partial charge in [-0.05, 0) is 49.2 Å². The Morgan fingerprint density at radius 2 is 1.70 bits per heavy atom. The molecule has 2 aliphatic rings. The zero-order chi connectivity index (χ0) is 20.6. The van der Waals surface area contributed by atoms with Crippen LogP contribution in [0.5, 0.6) is 11.5 Å². The van der Waals surface area contributed by atoms with Crippen molar-refractivity contribution in [2.45, 2.75) is 38.8 Å². The van der Waals surface area contributed by atoms with Crippen LogP contribution in [0.3, 0.4) is 0 Å². The van der Waals surface area contributed by atoms with E-state index in [4.69, 9.17) is 9.47 Å². The van der Waals surface area contributed by atoms with E-state index >= 15 is 0 Å². The van der Waals surface area contributed by atoms with Crippen molar-refractivity contribution < 1.29 is 9.47 Å². The second-order valence-electron chi connectivity index (χ2n) is 7.87. The maximum Gasteiger partial charge on any atom is 0.195 e. The standard InChI is InChI=1S/C24H32N4O2/c1-25-24(27-21-10-11-22-23(16-21)30-15-7-14-29-22)26-17-19-8-3-4-9-20(19)18-28-12-5-2-6-13-28/h3-4,8-11,16H,2,5-7,12-15,17-18H2,1H3,(H2,25,26,27). The second-order valence-corrected chi connectivity index (χ2v) is 7.87. The number of aliphatic imine (C=N–C) groups is 1. The summed E-state index contributed by atoms with van der Waals surface area (Å²) < 4.78 is 11.5. The van der Waals surface area contributed by atoms with Crippen molar-refractivity contribution in [3.63, 3.8) is 0 Å². The van der Waals surface area contributed by atoms with E-state index in [-0.39, 0.29) is 0 Å². The summed E-state index contributed by atoms with van der Waals surface area (Å²) in [5, 5.41) is 6.82. The molecule has 6 heteroatoms. The predicted octanol–water partition coefficient (Wildman–Crippen LogP) is 4.02. The van der Waals surface area contributed by atoms with Gasteiger partial charge in [0.15, 0.2) is 17.5 Å². The fourth-order valence-corrected chi connectivity index (χ4v) is 3.98. The number of nitrogens with one attached hydrogen (secondary N) is 2. The van der Waals surface area contributed by atoms with Crippen molar-refractivity contribution in [2.24, 2.45) is 4.99 Å². The highest BCUT2D eigenvalue weighted by Gasteiger charge is 2.14. The first-order valence-electron chi connectivity index (χ1n) is 11.0. The molecule has 0 aliphatic carbocycles. The fraction of sp³-hybridized carbons (Fsp3) is 0.458. The first-order valence-corrected chi connectivity index (χ1v) is 11.0. The van der Waals surface area contributed by atoms with Crippen LogP contribution in [0, 0.1) is 0 Å². The Morgan fingerprint density at radius 1 is 0.933 bits per heavy atom. The summed E-state index contributed by atoms with van der Waals surface area (Å²) >= 11 is 0. The summed E-state index contributed by atoms with van der Waals surface area (Å²) in [4.78, 5) is 6.95. The van der Waals surface area contributed by atoms with E-state index in [0.717, 1.165) is 42.7 Å². The first kappa shape index (κ1) is 20.5. The molecule has 0 radical (unpaired) electrons. The summed E-state index contributed by atoms with van der Waals surface area (Å²) in [5.74, 6) is 2.31. The molecule has 2 aliphatic heterocycles. The molecule has 0 atom stereocenters. The summed E-state index contributed by atoms with van der Waals surface area (Å²) in [6, 6.07) is 14.6. The van der Waals surface area contributed by atoms with Gasteiger partial charge in [0.2, 0.25) is 0 Å². The molecule has 1 fully saturated rings. The van der Waals surface area contributed by atoms with E-state index in [1.165, 1.54) is 43.5 Å². The number of likely N-dealkylation sites (tertiary alicyclic amines) is 1. The third-order valence-corrected chi connectivity index (χ3v) is 5.64. The summed E-state index contributed by atoms with van der Waals surface area (Å²) in [5.41, 5.74) is 3.62. The maximum absolute atomic E-state index is 5.79. The lowest BCUT2D eigenvalue weighted by molar-refractivity contribution is 0.220. The Labute approximate surface area is 179 Å². The highest BCUT2D eigenvalue weighted by atomic mass is 16.5. The molecule has 4 rings (SSSR count). The molecule has 2 aromatic rings. The van der Waals surface area contributed by atoms with Crippen molar-refractivity contribution >= 4 is 11.6 Å². The van der Waals surface area contributed by atoms with Crippen molar-refractivity contribution in [3.8, 4) is 11.5 Å². The molecule has 2 aromatic carbocycles. The molecule has 0 spiro atoms. The number of ether oxygens (including phenoxy) is 2. The molecular formula is C24H32N4O2. The van der Waals surface area contributed by atoms with Gasteiger partial charge in [-0.15, -0.1) is 0 Å². The van der Waals surface area contributed by atoms with Gasteiger partial charge in [-0.3, -0.25) is 9.89 Å². The first-order chi connectivity index (χ1) is 14.8. The quantitative estimate of drug-likeness (QED) is 0.578. The minimum Gasteiger partial charge on any atom is -0.490 e. The van der Waals surface area contributed by atoms with Gasteiger partial charge in [0.25, 0.3) is 0 Å². The van der Waals surface area contributed by atoms with Gasteiger partial charge < -0.3 is 20.1 Å². The van der Waals surface area contributed by atoms with Crippen molar-refractivity contribution in [2.75, 3.05) is 38.7 Å². The van der Waals surface area contributed by atoms with Crippen LogP contribution in [0.25, 0.3) is 0 Å². The Bertz CT molecular complexity index is 862. The van der Waals surface area contributed by atoms with E-state index in [2.05, 4.69) is 44.8 Å². The SMILES string of the molecule is CN=C(NCc1ccccc1CN1CCCCC1)Nc1ccc2c(c1)OCCCO2. The topological polar surface area (TPSA) is 58.1 Å². The van der Waals surface area contributed by atoms with Crippen LogP contribution in [0.4, 0.5) is 5.69 Å². The van der Waals surface area contributed by atoms with Crippen molar-refractivity contribution in [1.29, 1.82) is 0 Å². The number of benzene rings is 2. The molecule has 1 saturated heterocycles. The van der Waals surface area contributed by atoms with E-state index in [1.807, 2.05) is 18.2 Å². The van der Waals surface area contributed by atoms with Crippen LogP contribution in [-0.2, 0) is 13.1 Å². The van der Waals surface area contributed by atoms with Crippen LogP contribution in [0.15, 0.2) is 47.5 Å². The Morgan fingerprint density at radius 3 is 2.50 bits per heavy atom. The van der Waals surface area contributed by atoms with Gasteiger partial charge in [0, 0.05) is 38.3 Å². The molecule has 0 saturated carbocycles. The van der Waals surface area contributed by atoms with Crippen molar-refractivity contribution in [3.05, 3.63) is 53.6 Å². The Hall–Kier alpha value is -2.73. The van der Waals surface area contributed by atoms with Crippen LogP contribution >= 0.6 is 0 Å². The molecule has 0 amide bonds. The highest BCUT2D eigenvalue weighted by molar-refractivity contribution is 5.93. The Kier molecular flexibility index (Phi) is 7.08. The molecule has 6 nitrogen and oxygen atoms in total. The van der Waals surface area contributed by atoms with Gasteiger partial charge in [-0.1, -0.05) is 30.7 Å². The number of nitrogens with zero attached hydrogens (tertiary/aromatic N) is 2. The molecule has 160 valence electrons.